The highest BCUT2D eigenvalue weighted by Crippen LogP contribution is 2.25. The lowest BCUT2D eigenvalue weighted by Crippen LogP contribution is -2.32. The van der Waals surface area contributed by atoms with Crippen molar-refractivity contribution < 1.29 is 9.53 Å². The summed E-state index contributed by atoms with van der Waals surface area (Å²) >= 11 is 3.34. The Bertz CT molecular complexity index is 592. The van der Waals surface area contributed by atoms with E-state index in [1.165, 1.54) is 0 Å². The van der Waals surface area contributed by atoms with Crippen LogP contribution >= 0.6 is 15.9 Å². The molecule has 0 bridgehead atoms. The van der Waals surface area contributed by atoms with Gasteiger partial charge >= 0.3 is 5.97 Å². The highest BCUT2D eigenvalue weighted by atomic mass is 79.9. The fourth-order valence-electron chi connectivity index (χ4n) is 1.58. The quantitative estimate of drug-likeness (QED) is 0.885. The molecule has 96 valence electrons. The summed E-state index contributed by atoms with van der Waals surface area (Å²) in [6, 6.07) is 1.88. The first kappa shape index (κ1) is 13.0. The van der Waals surface area contributed by atoms with E-state index in [0.29, 0.717) is 18.1 Å². The summed E-state index contributed by atoms with van der Waals surface area (Å²) in [5, 5.41) is 0. The number of carbonyl (C=O) groups is 1. The largest absolute Gasteiger partial charge is 0.465 e. The lowest BCUT2D eigenvalue weighted by Gasteiger charge is -2.19. The molecule has 2 aromatic rings. The summed E-state index contributed by atoms with van der Waals surface area (Å²) in [5.41, 5.74) is 0.561. The topological polar surface area (TPSA) is 67.9 Å². The lowest BCUT2D eigenvalue weighted by atomic mass is 9.93. The van der Waals surface area contributed by atoms with Gasteiger partial charge in [0.25, 0.3) is 0 Å². The summed E-state index contributed by atoms with van der Waals surface area (Å²) in [6.07, 6.45) is 1.67. The molecule has 6 heteroatoms. The zero-order valence-electron chi connectivity index (χ0n) is 10.5. The molecule has 0 fully saturated rings. The Morgan fingerprint density at radius 2 is 2.28 bits per heavy atom. The SMILES string of the molecule is CCOC(=O)C(C)(C)c1nc2ncc(Br)cc2[nH]1. The van der Waals surface area contributed by atoms with Crippen molar-refractivity contribution in [3.05, 3.63) is 22.6 Å². The van der Waals surface area contributed by atoms with Crippen molar-refractivity contribution >= 4 is 33.1 Å². The van der Waals surface area contributed by atoms with Crippen molar-refractivity contribution in [2.75, 3.05) is 6.61 Å². The van der Waals surface area contributed by atoms with E-state index in [4.69, 9.17) is 4.74 Å². The van der Waals surface area contributed by atoms with Gasteiger partial charge in [-0.1, -0.05) is 0 Å². The van der Waals surface area contributed by atoms with Gasteiger partial charge in [-0.3, -0.25) is 4.79 Å². The van der Waals surface area contributed by atoms with E-state index in [1.807, 2.05) is 6.07 Å². The number of ether oxygens (including phenoxy) is 1. The second kappa shape index (κ2) is 4.68. The van der Waals surface area contributed by atoms with Crippen LogP contribution < -0.4 is 0 Å². The molecule has 0 unspecified atom stereocenters. The molecular formula is C12H14BrN3O2. The van der Waals surface area contributed by atoms with Gasteiger partial charge in [0.2, 0.25) is 0 Å². The molecule has 0 aromatic carbocycles. The van der Waals surface area contributed by atoms with Gasteiger partial charge in [0.15, 0.2) is 5.65 Å². The van der Waals surface area contributed by atoms with Gasteiger partial charge < -0.3 is 9.72 Å². The molecule has 0 amide bonds. The van der Waals surface area contributed by atoms with Crippen LogP contribution in [-0.4, -0.2) is 27.5 Å². The molecule has 18 heavy (non-hydrogen) atoms. The van der Waals surface area contributed by atoms with Crippen LogP contribution in [0.2, 0.25) is 0 Å². The average Bonchev–Trinajstić information content (AvgIpc) is 2.72. The second-order valence-corrected chi connectivity index (χ2v) is 5.37. The number of fused-ring (bicyclic) bond motifs is 1. The zero-order chi connectivity index (χ0) is 13.3. The molecule has 0 atom stereocenters. The molecule has 2 rings (SSSR count). The number of hydrogen-bond donors (Lipinski definition) is 1. The minimum Gasteiger partial charge on any atom is -0.465 e. The molecule has 2 aromatic heterocycles. The molecule has 2 heterocycles. The Kier molecular flexibility index (Phi) is 3.38. The minimum absolute atomic E-state index is 0.303. The summed E-state index contributed by atoms with van der Waals surface area (Å²) < 4.78 is 5.91. The van der Waals surface area contributed by atoms with E-state index < -0.39 is 5.41 Å². The molecule has 0 aliphatic carbocycles. The van der Waals surface area contributed by atoms with E-state index >= 15 is 0 Å². The van der Waals surface area contributed by atoms with Crippen LogP contribution in [0.1, 0.15) is 26.6 Å². The second-order valence-electron chi connectivity index (χ2n) is 4.46. The monoisotopic (exact) mass is 311 g/mol. The Balaban J connectivity index is 2.44. The van der Waals surface area contributed by atoms with Crippen LogP contribution in [0.3, 0.4) is 0 Å². The Hall–Kier alpha value is -1.43. The maximum atomic E-state index is 11.9. The summed E-state index contributed by atoms with van der Waals surface area (Å²) in [6.45, 7) is 5.69. The van der Waals surface area contributed by atoms with Gasteiger partial charge in [-0.25, -0.2) is 9.97 Å². The number of aromatic nitrogens is 3. The van der Waals surface area contributed by atoms with E-state index in [1.54, 1.807) is 27.0 Å². The summed E-state index contributed by atoms with van der Waals surface area (Å²) in [7, 11) is 0. The van der Waals surface area contributed by atoms with E-state index in [-0.39, 0.29) is 5.97 Å². The molecule has 0 radical (unpaired) electrons. The van der Waals surface area contributed by atoms with Gasteiger partial charge in [0.1, 0.15) is 11.2 Å². The minimum atomic E-state index is -0.816. The van der Waals surface area contributed by atoms with Crippen molar-refractivity contribution in [3.8, 4) is 0 Å². The number of aromatic amines is 1. The van der Waals surface area contributed by atoms with Gasteiger partial charge in [0, 0.05) is 10.7 Å². The average molecular weight is 312 g/mol. The molecule has 0 saturated heterocycles. The van der Waals surface area contributed by atoms with Crippen LogP contribution in [0, 0.1) is 0 Å². The van der Waals surface area contributed by atoms with Crippen LogP contribution in [0.5, 0.6) is 0 Å². The molecule has 0 aliphatic heterocycles. The van der Waals surface area contributed by atoms with Gasteiger partial charge in [-0.2, -0.15) is 0 Å². The summed E-state index contributed by atoms with van der Waals surface area (Å²) in [4.78, 5) is 23.5. The smallest absolute Gasteiger partial charge is 0.319 e. The predicted octanol–water partition coefficient (Wildman–Crippen LogP) is 2.56. The van der Waals surface area contributed by atoms with Gasteiger partial charge in [-0.15, -0.1) is 0 Å². The molecule has 0 saturated carbocycles. The maximum Gasteiger partial charge on any atom is 0.319 e. The standard InChI is InChI=1S/C12H14BrN3O2/c1-4-18-11(17)12(2,3)10-15-8-5-7(13)6-14-9(8)16-10/h5-6H,4H2,1-3H3,(H,14,15,16). The number of pyridine rings is 1. The molecular weight excluding hydrogens is 298 g/mol. The highest BCUT2D eigenvalue weighted by molar-refractivity contribution is 9.10. The normalized spacial score (nSPS) is 11.8. The first-order valence-corrected chi connectivity index (χ1v) is 6.43. The first-order valence-electron chi connectivity index (χ1n) is 5.64. The van der Waals surface area contributed by atoms with Crippen LogP contribution in [-0.2, 0) is 14.9 Å². The van der Waals surface area contributed by atoms with Gasteiger partial charge in [-0.05, 0) is 42.8 Å². The Morgan fingerprint density at radius 3 is 2.94 bits per heavy atom. The highest BCUT2D eigenvalue weighted by Gasteiger charge is 2.34. The van der Waals surface area contributed by atoms with Crippen LogP contribution in [0.25, 0.3) is 11.2 Å². The van der Waals surface area contributed by atoms with Crippen LogP contribution in [0.15, 0.2) is 16.7 Å². The van der Waals surface area contributed by atoms with E-state index in [2.05, 4.69) is 30.9 Å². The number of nitrogens with zero attached hydrogens (tertiary/aromatic N) is 2. The molecule has 1 N–H and O–H groups in total. The number of hydrogen-bond acceptors (Lipinski definition) is 4. The third kappa shape index (κ3) is 2.25. The molecule has 0 aliphatic rings. The van der Waals surface area contributed by atoms with Crippen molar-refractivity contribution in [3.63, 3.8) is 0 Å². The van der Waals surface area contributed by atoms with E-state index in [0.717, 1.165) is 9.99 Å². The number of halogens is 1. The van der Waals surface area contributed by atoms with Crippen molar-refractivity contribution in [1.82, 2.24) is 15.0 Å². The number of nitrogens with one attached hydrogen (secondary N) is 1. The van der Waals surface area contributed by atoms with Crippen molar-refractivity contribution in [2.45, 2.75) is 26.2 Å². The third-order valence-corrected chi connectivity index (χ3v) is 3.12. The predicted molar refractivity (Wildman–Crippen MR) is 71.2 cm³/mol. The number of rotatable bonds is 3. The number of esters is 1. The first-order chi connectivity index (χ1) is 8.45. The van der Waals surface area contributed by atoms with E-state index in [9.17, 15) is 4.79 Å². The summed E-state index contributed by atoms with van der Waals surface area (Å²) in [5.74, 6) is 0.254. The van der Waals surface area contributed by atoms with Crippen molar-refractivity contribution in [1.29, 1.82) is 0 Å². The number of carbonyl (C=O) groups excluding carboxylic acids is 1. The zero-order valence-corrected chi connectivity index (χ0v) is 12.0. The maximum absolute atomic E-state index is 11.9. The molecule has 0 spiro atoms. The lowest BCUT2D eigenvalue weighted by molar-refractivity contribution is -0.149. The number of imidazole rings is 1. The van der Waals surface area contributed by atoms with Crippen LogP contribution in [0.4, 0.5) is 0 Å². The Morgan fingerprint density at radius 1 is 1.56 bits per heavy atom. The third-order valence-electron chi connectivity index (χ3n) is 2.68. The molecule has 5 nitrogen and oxygen atoms in total. The fraction of sp³-hybridized carbons (Fsp3) is 0.417. The Labute approximate surface area is 113 Å². The van der Waals surface area contributed by atoms with Gasteiger partial charge in [0.05, 0.1) is 12.1 Å². The fourth-order valence-corrected chi connectivity index (χ4v) is 1.91. The number of H-pyrrole nitrogens is 1. The van der Waals surface area contributed by atoms with Crippen molar-refractivity contribution in [2.24, 2.45) is 0 Å².